The molecule has 0 aromatic heterocycles. The van der Waals surface area contributed by atoms with Crippen LogP contribution in [0.1, 0.15) is 31.8 Å². The van der Waals surface area contributed by atoms with E-state index in [1.165, 1.54) is 13.2 Å². The maximum Gasteiger partial charge on any atom is 0.196 e. The maximum absolute atomic E-state index is 12.5. The molecule has 2 aromatic rings. The summed E-state index contributed by atoms with van der Waals surface area (Å²) in [4.78, 5) is 25.0. The number of fused-ring (bicyclic) bond motifs is 2. The van der Waals surface area contributed by atoms with E-state index in [4.69, 9.17) is 16.2 Å². The molecular formula is C15H12N2O3. The largest absolute Gasteiger partial charge is 0.492 e. The molecule has 0 unspecified atom stereocenters. The van der Waals surface area contributed by atoms with Crippen molar-refractivity contribution in [3.8, 4) is 5.75 Å². The van der Waals surface area contributed by atoms with Gasteiger partial charge in [-0.05, 0) is 6.07 Å². The predicted octanol–water partition coefficient (Wildman–Crippen LogP) is 1.64. The van der Waals surface area contributed by atoms with Gasteiger partial charge in [0, 0.05) is 16.7 Å². The van der Waals surface area contributed by atoms with Gasteiger partial charge < -0.3 is 16.2 Å². The molecule has 5 nitrogen and oxygen atoms in total. The molecule has 1 aliphatic carbocycles. The van der Waals surface area contributed by atoms with Gasteiger partial charge in [-0.3, -0.25) is 9.59 Å². The fourth-order valence-electron chi connectivity index (χ4n) is 2.52. The Bertz CT molecular complexity index is 766. The first-order valence-electron chi connectivity index (χ1n) is 6.00. The average Bonchev–Trinajstić information content (AvgIpc) is 2.45. The van der Waals surface area contributed by atoms with Gasteiger partial charge in [-0.25, -0.2) is 0 Å². The van der Waals surface area contributed by atoms with Crippen LogP contribution in [0.3, 0.4) is 0 Å². The molecule has 3 rings (SSSR count). The SMILES string of the molecule is COc1c(N)cc2c(c1N)C(=O)c1ccccc1C2=O. The number of hydrogen-bond donors (Lipinski definition) is 2. The van der Waals surface area contributed by atoms with Crippen LogP contribution in [0.2, 0.25) is 0 Å². The van der Waals surface area contributed by atoms with Crippen molar-refractivity contribution in [3.63, 3.8) is 0 Å². The van der Waals surface area contributed by atoms with Crippen LogP contribution in [0.4, 0.5) is 11.4 Å². The Hall–Kier alpha value is -2.82. The van der Waals surface area contributed by atoms with Crippen LogP contribution in [0.5, 0.6) is 5.75 Å². The number of nitrogen functional groups attached to an aromatic ring is 2. The van der Waals surface area contributed by atoms with Gasteiger partial charge in [-0.1, -0.05) is 24.3 Å². The van der Waals surface area contributed by atoms with Gasteiger partial charge >= 0.3 is 0 Å². The summed E-state index contributed by atoms with van der Waals surface area (Å²) in [5, 5.41) is 0. The number of benzene rings is 2. The first-order chi connectivity index (χ1) is 9.56. The van der Waals surface area contributed by atoms with Crippen molar-refractivity contribution in [1.29, 1.82) is 0 Å². The van der Waals surface area contributed by atoms with Gasteiger partial charge in [0.1, 0.15) is 0 Å². The van der Waals surface area contributed by atoms with Crippen LogP contribution in [0.15, 0.2) is 30.3 Å². The third kappa shape index (κ3) is 1.43. The molecule has 0 fully saturated rings. The molecule has 0 spiro atoms. The van der Waals surface area contributed by atoms with Crippen LogP contribution >= 0.6 is 0 Å². The van der Waals surface area contributed by atoms with Crippen molar-refractivity contribution < 1.29 is 14.3 Å². The Morgan fingerprint density at radius 2 is 1.55 bits per heavy atom. The summed E-state index contributed by atoms with van der Waals surface area (Å²) in [7, 11) is 1.41. The minimum Gasteiger partial charge on any atom is -0.492 e. The lowest BCUT2D eigenvalue weighted by Crippen LogP contribution is -2.23. The van der Waals surface area contributed by atoms with Crippen LogP contribution in [-0.2, 0) is 0 Å². The second-order valence-electron chi connectivity index (χ2n) is 4.54. The molecule has 0 radical (unpaired) electrons. The van der Waals surface area contributed by atoms with Gasteiger partial charge in [-0.2, -0.15) is 0 Å². The first-order valence-corrected chi connectivity index (χ1v) is 6.00. The van der Waals surface area contributed by atoms with Crippen molar-refractivity contribution in [2.75, 3.05) is 18.6 Å². The summed E-state index contributed by atoms with van der Waals surface area (Å²) >= 11 is 0. The van der Waals surface area contributed by atoms with Gasteiger partial charge in [0.15, 0.2) is 17.3 Å². The van der Waals surface area contributed by atoms with Crippen molar-refractivity contribution >= 4 is 22.9 Å². The fourth-order valence-corrected chi connectivity index (χ4v) is 2.52. The summed E-state index contributed by atoms with van der Waals surface area (Å²) in [6, 6.07) is 8.10. The van der Waals surface area contributed by atoms with Crippen molar-refractivity contribution in [2.24, 2.45) is 0 Å². The van der Waals surface area contributed by atoms with E-state index in [0.717, 1.165) is 0 Å². The van der Waals surface area contributed by atoms with Crippen molar-refractivity contribution in [3.05, 3.63) is 52.6 Å². The van der Waals surface area contributed by atoms with E-state index in [1.54, 1.807) is 24.3 Å². The summed E-state index contributed by atoms with van der Waals surface area (Å²) in [5.74, 6) is -0.313. The molecule has 0 aliphatic heterocycles. The second kappa shape index (κ2) is 4.09. The molecule has 20 heavy (non-hydrogen) atoms. The summed E-state index contributed by atoms with van der Waals surface area (Å²) < 4.78 is 5.10. The minimum atomic E-state index is -0.286. The zero-order chi connectivity index (χ0) is 14.4. The Morgan fingerprint density at radius 3 is 2.15 bits per heavy atom. The second-order valence-corrected chi connectivity index (χ2v) is 4.54. The summed E-state index contributed by atoms with van der Waals surface area (Å²) in [5.41, 5.74) is 13.2. The Labute approximate surface area is 115 Å². The molecular weight excluding hydrogens is 256 g/mol. The molecule has 0 amide bonds. The number of anilines is 2. The van der Waals surface area contributed by atoms with E-state index in [2.05, 4.69) is 0 Å². The highest BCUT2D eigenvalue weighted by Gasteiger charge is 2.33. The van der Waals surface area contributed by atoms with E-state index in [9.17, 15) is 9.59 Å². The van der Waals surface area contributed by atoms with Gasteiger partial charge in [0.25, 0.3) is 0 Å². The average molecular weight is 268 g/mol. The topological polar surface area (TPSA) is 95.4 Å². The molecule has 0 bridgehead atoms. The van der Waals surface area contributed by atoms with Gasteiger partial charge in [0.2, 0.25) is 0 Å². The molecule has 2 aromatic carbocycles. The van der Waals surface area contributed by atoms with Gasteiger partial charge in [0.05, 0.1) is 24.0 Å². The van der Waals surface area contributed by atoms with E-state index < -0.39 is 0 Å². The lowest BCUT2D eigenvalue weighted by atomic mass is 9.83. The minimum absolute atomic E-state index is 0.107. The molecule has 1 aliphatic rings. The van der Waals surface area contributed by atoms with Crippen LogP contribution in [0, 0.1) is 0 Å². The standard InChI is InChI=1S/C15H12N2O3/c1-20-15-10(16)6-9-11(12(15)17)14(19)8-5-3-2-4-7(8)13(9)18/h2-6H,16-17H2,1H3. The highest BCUT2D eigenvalue weighted by atomic mass is 16.5. The number of carbonyl (C=O) groups excluding carboxylic acids is 2. The fraction of sp³-hybridized carbons (Fsp3) is 0.0667. The van der Waals surface area contributed by atoms with E-state index in [1.807, 2.05) is 0 Å². The van der Waals surface area contributed by atoms with E-state index in [-0.39, 0.29) is 39.8 Å². The molecule has 0 heterocycles. The number of hydrogen-bond acceptors (Lipinski definition) is 5. The molecule has 5 heteroatoms. The zero-order valence-corrected chi connectivity index (χ0v) is 10.8. The molecule has 100 valence electrons. The molecule has 0 saturated heterocycles. The lowest BCUT2D eigenvalue weighted by molar-refractivity contribution is 0.0979. The number of ketones is 2. The van der Waals surface area contributed by atoms with Crippen LogP contribution in [-0.4, -0.2) is 18.7 Å². The predicted molar refractivity (Wildman–Crippen MR) is 75.1 cm³/mol. The lowest BCUT2D eigenvalue weighted by Gasteiger charge is -2.21. The van der Waals surface area contributed by atoms with E-state index >= 15 is 0 Å². The van der Waals surface area contributed by atoms with Crippen molar-refractivity contribution in [1.82, 2.24) is 0 Å². The Kier molecular flexibility index (Phi) is 2.50. The maximum atomic E-state index is 12.5. The first kappa shape index (κ1) is 12.2. The number of carbonyl (C=O) groups is 2. The van der Waals surface area contributed by atoms with E-state index in [0.29, 0.717) is 11.1 Å². The van der Waals surface area contributed by atoms with Gasteiger partial charge in [-0.15, -0.1) is 0 Å². The highest BCUT2D eigenvalue weighted by molar-refractivity contribution is 6.30. The quantitative estimate of drug-likeness (QED) is 0.654. The molecule has 0 saturated carbocycles. The third-order valence-electron chi connectivity index (χ3n) is 3.44. The third-order valence-corrected chi connectivity index (χ3v) is 3.44. The highest BCUT2D eigenvalue weighted by Crippen LogP contribution is 2.39. The Balaban J connectivity index is 2.37. The zero-order valence-electron chi connectivity index (χ0n) is 10.8. The number of rotatable bonds is 1. The normalized spacial score (nSPS) is 12.8. The smallest absolute Gasteiger partial charge is 0.196 e. The monoisotopic (exact) mass is 268 g/mol. The summed E-state index contributed by atoms with van der Waals surface area (Å²) in [6.45, 7) is 0. The van der Waals surface area contributed by atoms with Crippen LogP contribution < -0.4 is 16.2 Å². The number of nitrogens with two attached hydrogens (primary N) is 2. The van der Waals surface area contributed by atoms with Crippen molar-refractivity contribution in [2.45, 2.75) is 0 Å². The number of ether oxygens (including phenoxy) is 1. The molecule has 0 atom stereocenters. The summed E-state index contributed by atoms with van der Waals surface area (Å²) in [6.07, 6.45) is 0. The number of methoxy groups -OCH3 is 1. The molecule has 4 N–H and O–H groups in total. The van der Waals surface area contributed by atoms with Crippen LogP contribution in [0.25, 0.3) is 0 Å². The Morgan fingerprint density at radius 1 is 0.950 bits per heavy atom.